The van der Waals surface area contributed by atoms with Gasteiger partial charge in [0.2, 0.25) is 0 Å². The average Bonchev–Trinajstić information content (AvgIpc) is 3.46. The van der Waals surface area contributed by atoms with Crippen molar-refractivity contribution >= 4 is 24.0 Å². The van der Waals surface area contributed by atoms with Gasteiger partial charge in [0, 0.05) is 11.5 Å². The summed E-state index contributed by atoms with van der Waals surface area (Å²) in [7, 11) is 0. The Labute approximate surface area is 252 Å². The van der Waals surface area contributed by atoms with Gasteiger partial charge in [-0.2, -0.15) is 0 Å². The second-order valence-corrected chi connectivity index (χ2v) is 11.1. The lowest BCUT2D eigenvalue weighted by molar-refractivity contribution is 0.807. The van der Waals surface area contributed by atoms with Crippen molar-refractivity contribution in [3.05, 3.63) is 162 Å². The van der Waals surface area contributed by atoms with Gasteiger partial charge >= 0.3 is 0 Å². The third kappa shape index (κ3) is 5.22. The molecule has 0 saturated heterocycles. The average molecular weight is 554 g/mol. The number of allylic oxidation sites excluding steroid dienone is 3. The van der Waals surface area contributed by atoms with Crippen LogP contribution in [0.5, 0.6) is 0 Å². The number of hydrogen-bond donors (Lipinski definition) is 1. The Morgan fingerprint density at radius 1 is 0.674 bits per heavy atom. The van der Waals surface area contributed by atoms with Crippen molar-refractivity contribution in [1.29, 1.82) is 5.41 Å². The highest BCUT2D eigenvalue weighted by Crippen LogP contribution is 2.46. The Morgan fingerprint density at radius 2 is 1.26 bits per heavy atom. The summed E-state index contributed by atoms with van der Waals surface area (Å²) in [6.45, 7) is 3.83. The van der Waals surface area contributed by atoms with E-state index >= 15 is 0 Å². The lowest BCUT2D eigenvalue weighted by Gasteiger charge is -2.19. The molecular formula is C40H31N3. The first-order valence-electron chi connectivity index (χ1n) is 14.7. The first kappa shape index (κ1) is 26.5. The van der Waals surface area contributed by atoms with E-state index in [0.29, 0.717) is 5.84 Å². The molecule has 7 rings (SSSR count). The van der Waals surface area contributed by atoms with Crippen LogP contribution in [0.15, 0.2) is 155 Å². The molecule has 0 aromatic heterocycles. The lowest BCUT2D eigenvalue weighted by atomic mass is 9.86. The Balaban J connectivity index is 1.17. The molecule has 1 N–H and O–H groups in total. The molecule has 0 aliphatic heterocycles. The molecular weight excluding hydrogens is 522 g/mol. The van der Waals surface area contributed by atoms with Crippen LogP contribution in [0.3, 0.4) is 0 Å². The van der Waals surface area contributed by atoms with Gasteiger partial charge in [-0.15, -0.1) is 0 Å². The van der Waals surface area contributed by atoms with E-state index in [-0.39, 0.29) is 11.8 Å². The monoisotopic (exact) mass is 553 g/mol. The Bertz CT molecular complexity index is 1910. The van der Waals surface area contributed by atoms with E-state index in [9.17, 15) is 0 Å². The molecule has 206 valence electrons. The fraction of sp³-hybridized carbons (Fsp3) is 0.0750. The highest BCUT2D eigenvalue weighted by Gasteiger charge is 2.30. The van der Waals surface area contributed by atoms with Gasteiger partial charge in [0.1, 0.15) is 5.84 Å². The van der Waals surface area contributed by atoms with E-state index in [4.69, 9.17) is 5.41 Å². The summed E-state index contributed by atoms with van der Waals surface area (Å²) in [6, 6.07) is 44.2. The fourth-order valence-corrected chi connectivity index (χ4v) is 6.28. The molecule has 0 saturated carbocycles. The number of nitrogens with zero attached hydrogens (tertiary/aromatic N) is 2. The predicted molar refractivity (Wildman–Crippen MR) is 181 cm³/mol. The molecule has 1 atom stereocenters. The van der Waals surface area contributed by atoms with E-state index in [1.807, 2.05) is 42.5 Å². The maximum Gasteiger partial charge on any atom is 0.153 e. The van der Waals surface area contributed by atoms with Crippen molar-refractivity contribution < 1.29 is 0 Å². The maximum atomic E-state index is 8.73. The highest BCUT2D eigenvalue weighted by molar-refractivity contribution is 6.07. The van der Waals surface area contributed by atoms with Gasteiger partial charge in [-0.25, -0.2) is 9.98 Å². The van der Waals surface area contributed by atoms with E-state index < -0.39 is 0 Å². The Hall–Kier alpha value is -5.41. The van der Waals surface area contributed by atoms with Crippen LogP contribution < -0.4 is 0 Å². The minimum absolute atomic E-state index is 0.0247. The van der Waals surface area contributed by atoms with Crippen LogP contribution in [0.1, 0.15) is 23.1 Å². The van der Waals surface area contributed by atoms with Crippen molar-refractivity contribution in [2.45, 2.75) is 12.8 Å². The predicted octanol–water partition coefficient (Wildman–Crippen LogP) is 9.70. The largest absolute Gasteiger partial charge is 0.282 e. The summed E-state index contributed by atoms with van der Waals surface area (Å²) in [5, 5.41) is 8.73. The Kier molecular flexibility index (Phi) is 7.06. The van der Waals surface area contributed by atoms with E-state index in [2.05, 4.69) is 114 Å². The fourth-order valence-electron chi connectivity index (χ4n) is 6.28. The zero-order valence-electron chi connectivity index (χ0n) is 23.9. The molecule has 0 spiro atoms. The molecule has 0 heterocycles. The molecule has 3 heteroatoms. The van der Waals surface area contributed by atoms with Crippen molar-refractivity contribution in [2.75, 3.05) is 0 Å². The number of hydrogen-bond acceptors (Lipinski definition) is 1. The minimum Gasteiger partial charge on any atom is -0.282 e. The Morgan fingerprint density at radius 3 is 1.88 bits per heavy atom. The van der Waals surface area contributed by atoms with Gasteiger partial charge in [-0.3, -0.25) is 5.41 Å². The summed E-state index contributed by atoms with van der Waals surface area (Å²) in [4.78, 5) is 8.98. The highest BCUT2D eigenvalue weighted by atomic mass is 14.9. The van der Waals surface area contributed by atoms with Crippen LogP contribution in [-0.4, -0.2) is 18.4 Å². The van der Waals surface area contributed by atoms with Crippen LogP contribution in [0.2, 0.25) is 0 Å². The molecule has 2 aliphatic rings. The van der Waals surface area contributed by atoms with Crippen LogP contribution in [-0.2, 0) is 6.42 Å². The summed E-state index contributed by atoms with van der Waals surface area (Å²) in [6.07, 6.45) is 6.14. The van der Waals surface area contributed by atoms with Crippen molar-refractivity contribution in [1.82, 2.24) is 0 Å². The summed E-state index contributed by atoms with van der Waals surface area (Å²) < 4.78 is 0. The molecule has 0 bridgehead atoms. The van der Waals surface area contributed by atoms with Crippen LogP contribution in [0, 0.1) is 11.3 Å². The summed E-state index contributed by atoms with van der Waals surface area (Å²) >= 11 is 0. The van der Waals surface area contributed by atoms with Crippen LogP contribution >= 0.6 is 0 Å². The molecule has 43 heavy (non-hydrogen) atoms. The number of rotatable bonds is 5. The van der Waals surface area contributed by atoms with Gasteiger partial charge in [0.15, 0.2) is 5.84 Å². The topological polar surface area (TPSA) is 48.6 Å². The lowest BCUT2D eigenvalue weighted by Crippen LogP contribution is -2.15. The van der Waals surface area contributed by atoms with Crippen molar-refractivity contribution in [3.63, 3.8) is 0 Å². The molecule has 5 aromatic carbocycles. The third-order valence-electron chi connectivity index (χ3n) is 8.41. The van der Waals surface area contributed by atoms with Gasteiger partial charge in [-0.1, -0.05) is 139 Å². The molecule has 5 aromatic rings. The van der Waals surface area contributed by atoms with Gasteiger partial charge in [0.25, 0.3) is 0 Å². The van der Waals surface area contributed by atoms with Crippen molar-refractivity contribution in [2.24, 2.45) is 15.9 Å². The van der Waals surface area contributed by atoms with Gasteiger partial charge < -0.3 is 0 Å². The van der Waals surface area contributed by atoms with Gasteiger partial charge in [-0.05, 0) is 75.7 Å². The second kappa shape index (κ2) is 11.5. The zero-order chi connectivity index (χ0) is 29.2. The van der Waals surface area contributed by atoms with Gasteiger partial charge in [0.05, 0.1) is 0 Å². The number of amidine groups is 2. The molecule has 0 radical (unpaired) electrons. The molecule has 2 aliphatic carbocycles. The minimum atomic E-state index is -0.0247. The number of nitrogens with one attached hydrogen (secondary N) is 1. The summed E-state index contributed by atoms with van der Waals surface area (Å²) in [5.41, 5.74) is 13.3. The number of aliphatic imine (C=N–C) groups is 2. The zero-order valence-corrected chi connectivity index (χ0v) is 23.9. The smallest absolute Gasteiger partial charge is 0.153 e. The summed E-state index contributed by atoms with van der Waals surface area (Å²) in [5.74, 6) is 0.760. The quantitative estimate of drug-likeness (QED) is 0.166. The maximum absolute atomic E-state index is 8.73. The molecule has 0 amide bonds. The van der Waals surface area contributed by atoms with E-state index in [1.165, 1.54) is 44.5 Å². The third-order valence-corrected chi connectivity index (χ3v) is 8.41. The standard InChI is InChI=1S/C40H31N3/c1-42-40(43-39(41)31-19-17-29(18-20-31)27-11-5-2-6-12-27)32-21-22-36-34(23-32)25-35-24-33(28-13-7-3-8-14-28)26-37(38(35)36)30-15-9-4-10-16-30/h2-22,24,26,32,41H,1,23,25H2. The first-order valence-corrected chi connectivity index (χ1v) is 14.7. The van der Waals surface area contributed by atoms with E-state index in [1.54, 1.807) is 0 Å². The SMILES string of the molecule is C=NC(=NC(=N)c1ccc(-c2ccccc2)cc1)C1C=CC2=C(Cc3cc(-c4ccccc4)cc(-c4ccccc4)c32)C1. The number of benzene rings is 5. The second-order valence-electron chi connectivity index (χ2n) is 11.1. The van der Waals surface area contributed by atoms with Crippen LogP contribution in [0.25, 0.3) is 39.0 Å². The first-order chi connectivity index (χ1) is 21.2. The van der Waals surface area contributed by atoms with E-state index in [0.717, 1.165) is 29.5 Å². The molecule has 3 nitrogen and oxygen atoms in total. The molecule has 1 unspecified atom stereocenters. The molecule has 0 fully saturated rings. The van der Waals surface area contributed by atoms with Crippen LogP contribution in [0.4, 0.5) is 0 Å². The normalized spacial score (nSPS) is 15.6. The number of fused-ring (bicyclic) bond motifs is 2. The van der Waals surface area contributed by atoms with Crippen molar-refractivity contribution in [3.8, 4) is 33.4 Å².